The Morgan fingerprint density at radius 3 is 2.11 bits per heavy atom. The van der Waals surface area contributed by atoms with E-state index in [-0.39, 0.29) is 41.4 Å². The first-order valence-electron chi connectivity index (χ1n) is 11.9. The molecule has 0 bridgehead atoms. The van der Waals surface area contributed by atoms with Crippen LogP contribution in [0, 0.1) is 17.5 Å². The number of benzene rings is 3. The van der Waals surface area contributed by atoms with Crippen LogP contribution in [0.2, 0.25) is 0 Å². The van der Waals surface area contributed by atoms with Gasteiger partial charge in [-0.25, -0.2) is 13.2 Å². The van der Waals surface area contributed by atoms with Crippen molar-refractivity contribution in [2.45, 2.75) is 18.8 Å². The summed E-state index contributed by atoms with van der Waals surface area (Å²) in [6, 6.07) is 15.1. The van der Waals surface area contributed by atoms with Gasteiger partial charge in [-0.15, -0.1) is 0 Å². The molecule has 0 saturated carbocycles. The van der Waals surface area contributed by atoms with Gasteiger partial charge in [-0.3, -0.25) is 9.59 Å². The summed E-state index contributed by atoms with van der Waals surface area (Å²) in [4.78, 5) is 28.0. The fraction of sp³-hybridized carbons (Fsp3) is 0.286. The number of hydrogen-bond acceptors (Lipinski definition) is 4. The average Bonchev–Trinajstić information content (AvgIpc) is 2.88. The van der Waals surface area contributed by atoms with E-state index in [1.807, 2.05) is 12.1 Å². The molecule has 9 heteroatoms. The van der Waals surface area contributed by atoms with Crippen LogP contribution in [-0.4, -0.2) is 50.5 Å². The van der Waals surface area contributed by atoms with Crippen LogP contribution in [0.15, 0.2) is 60.7 Å². The lowest BCUT2D eigenvalue weighted by Crippen LogP contribution is -2.38. The van der Waals surface area contributed by atoms with Crippen LogP contribution >= 0.6 is 0 Å². The number of ether oxygens (including phenoxy) is 1. The van der Waals surface area contributed by atoms with Crippen molar-refractivity contribution in [3.05, 3.63) is 89.2 Å². The molecule has 0 spiro atoms. The van der Waals surface area contributed by atoms with Gasteiger partial charge in [0.05, 0.1) is 0 Å². The number of piperidine rings is 1. The van der Waals surface area contributed by atoms with Crippen molar-refractivity contribution in [3.8, 4) is 5.75 Å². The molecule has 1 fully saturated rings. The molecule has 6 nitrogen and oxygen atoms in total. The van der Waals surface area contributed by atoms with Crippen LogP contribution in [-0.2, 0) is 4.79 Å². The third-order valence-corrected chi connectivity index (χ3v) is 6.34. The molecule has 0 aliphatic carbocycles. The quantitative estimate of drug-likeness (QED) is 0.473. The Labute approximate surface area is 213 Å². The largest absolute Gasteiger partial charge is 0.484 e. The SMILES string of the molecule is CN(C)c1c(F)cc(C(=O)N2CCC(c3ccc(NC(=O)COc4ccc(F)cc4)cc3)CC2)cc1F. The van der Waals surface area contributed by atoms with Gasteiger partial charge in [0.2, 0.25) is 0 Å². The summed E-state index contributed by atoms with van der Waals surface area (Å²) in [7, 11) is 3.08. The number of carbonyl (C=O) groups excluding carboxylic acids is 2. The predicted octanol–water partition coefficient (Wildman–Crippen LogP) is 5.21. The van der Waals surface area contributed by atoms with Crippen molar-refractivity contribution in [3.63, 3.8) is 0 Å². The number of hydrogen-bond donors (Lipinski definition) is 1. The van der Waals surface area contributed by atoms with E-state index in [0.29, 0.717) is 37.4 Å². The van der Waals surface area contributed by atoms with Gasteiger partial charge in [-0.2, -0.15) is 0 Å². The summed E-state index contributed by atoms with van der Waals surface area (Å²) in [6.45, 7) is 0.744. The fourth-order valence-corrected chi connectivity index (χ4v) is 4.43. The molecule has 3 aromatic rings. The zero-order valence-corrected chi connectivity index (χ0v) is 20.6. The number of anilines is 2. The fourth-order valence-electron chi connectivity index (χ4n) is 4.43. The summed E-state index contributed by atoms with van der Waals surface area (Å²) in [6.07, 6.45) is 1.42. The van der Waals surface area contributed by atoms with Gasteiger partial charge in [0.15, 0.2) is 6.61 Å². The van der Waals surface area contributed by atoms with Crippen LogP contribution in [0.4, 0.5) is 24.5 Å². The smallest absolute Gasteiger partial charge is 0.262 e. The highest BCUT2D eigenvalue weighted by Crippen LogP contribution is 2.30. The minimum atomic E-state index is -0.766. The molecule has 1 aliphatic heterocycles. The Morgan fingerprint density at radius 1 is 0.946 bits per heavy atom. The van der Waals surface area contributed by atoms with Gasteiger partial charge in [0.1, 0.15) is 28.9 Å². The van der Waals surface area contributed by atoms with Crippen molar-refractivity contribution < 1.29 is 27.5 Å². The lowest BCUT2D eigenvalue weighted by atomic mass is 9.89. The molecule has 3 aromatic carbocycles. The van der Waals surface area contributed by atoms with Crippen LogP contribution < -0.4 is 15.0 Å². The number of rotatable bonds is 7. The van der Waals surface area contributed by atoms with Crippen molar-refractivity contribution in [1.82, 2.24) is 4.90 Å². The molecule has 1 aliphatic rings. The Balaban J connectivity index is 1.28. The third kappa shape index (κ3) is 6.41. The van der Waals surface area contributed by atoms with Crippen LogP contribution in [0.1, 0.15) is 34.7 Å². The second kappa shape index (κ2) is 11.4. The van der Waals surface area contributed by atoms with Gasteiger partial charge in [0.25, 0.3) is 11.8 Å². The van der Waals surface area contributed by atoms with Crippen molar-refractivity contribution >= 4 is 23.2 Å². The molecule has 1 heterocycles. The van der Waals surface area contributed by atoms with E-state index in [4.69, 9.17) is 4.74 Å². The monoisotopic (exact) mass is 511 g/mol. The maximum atomic E-state index is 14.3. The summed E-state index contributed by atoms with van der Waals surface area (Å²) in [5.41, 5.74) is 1.53. The van der Waals surface area contributed by atoms with E-state index in [9.17, 15) is 22.8 Å². The van der Waals surface area contributed by atoms with Crippen molar-refractivity contribution in [2.75, 3.05) is 44.0 Å². The second-order valence-corrected chi connectivity index (χ2v) is 9.16. The Morgan fingerprint density at radius 2 is 1.54 bits per heavy atom. The molecule has 2 amide bonds. The van der Waals surface area contributed by atoms with E-state index in [1.165, 1.54) is 29.2 Å². The Bertz CT molecular complexity index is 1230. The van der Waals surface area contributed by atoms with E-state index in [1.54, 1.807) is 31.1 Å². The molecule has 0 aromatic heterocycles. The van der Waals surface area contributed by atoms with Crippen molar-refractivity contribution in [2.24, 2.45) is 0 Å². The van der Waals surface area contributed by atoms with Crippen LogP contribution in [0.5, 0.6) is 5.75 Å². The first-order chi connectivity index (χ1) is 17.7. The minimum Gasteiger partial charge on any atom is -0.484 e. The van der Waals surface area contributed by atoms with Gasteiger partial charge >= 0.3 is 0 Å². The highest BCUT2D eigenvalue weighted by atomic mass is 19.1. The van der Waals surface area contributed by atoms with E-state index < -0.39 is 11.6 Å². The summed E-state index contributed by atoms with van der Waals surface area (Å²) >= 11 is 0. The summed E-state index contributed by atoms with van der Waals surface area (Å²) in [5.74, 6) is -2.01. The number of halogens is 3. The molecule has 0 atom stereocenters. The zero-order chi connectivity index (χ0) is 26.5. The number of nitrogens with one attached hydrogen (secondary N) is 1. The van der Waals surface area contributed by atoms with Gasteiger partial charge in [-0.05, 0) is 72.9 Å². The van der Waals surface area contributed by atoms with Crippen LogP contribution in [0.25, 0.3) is 0 Å². The number of amides is 2. The molecule has 194 valence electrons. The highest BCUT2D eigenvalue weighted by Gasteiger charge is 2.26. The molecule has 0 unspecified atom stereocenters. The van der Waals surface area contributed by atoms with Gasteiger partial charge < -0.3 is 19.9 Å². The topological polar surface area (TPSA) is 61.9 Å². The molecule has 4 rings (SSSR count). The van der Waals surface area contributed by atoms with Gasteiger partial charge in [0, 0.05) is 38.4 Å². The molecule has 0 radical (unpaired) electrons. The van der Waals surface area contributed by atoms with E-state index in [0.717, 1.165) is 17.7 Å². The molecule has 1 N–H and O–H groups in total. The van der Waals surface area contributed by atoms with E-state index >= 15 is 0 Å². The normalized spacial score (nSPS) is 13.8. The average molecular weight is 512 g/mol. The number of nitrogens with zero attached hydrogens (tertiary/aromatic N) is 2. The maximum absolute atomic E-state index is 14.3. The first kappa shape index (κ1) is 26.1. The Kier molecular flexibility index (Phi) is 8.01. The van der Waals surface area contributed by atoms with E-state index in [2.05, 4.69) is 5.32 Å². The molecular formula is C28H28F3N3O3. The maximum Gasteiger partial charge on any atom is 0.262 e. The minimum absolute atomic E-state index is 0.00236. The lowest BCUT2D eigenvalue weighted by molar-refractivity contribution is -0.118. The standard InChI is InChI=1S/C28H28F3N3O3/c1-33(2)27-24(30)15-20(16-25(27)31)28(36)34-13-11-19(12-14-34)18-3-7-22(8-4-18)32-26(35)17-37-23-9-5-21(29)6-10-23/h3-10,15-16,19H,11-14,17H2,1-2H3,(H,32,35). The molecular weight excluding hydrogens is 483 g/mol. The first-order valence-corrected chi connectivity index (χ1v) is 11.9. The second-order valence-electron chi connectivity index (χ2n) is 9.16. The van der Waals surface area contributed by atoms with Gasteiger partial charge in [-0.1, -0.05) is 12.1 Å². The predicted molar refractivity (Wildman–Crippen MR) is 136 cm³/mol. The summed E-state index contributed by atoms with van der Waals surface area (Å²) < 4.78 is 46.9. The third-order valence-electron chi connectivity index (χ3n) is 6.34. The Hall–Kier alpha value is -4.01. The number of carbonyl (C=O) groups is 2. The summed E-state index contributed by atoms with van der Waals surface area (Å²) in [5, 5.41) is 2.76. The highest BCUT2D eigenvalue weighted by molar-refractivity contribution is 5.95. The lowest BCUT2D eigenvalue weighted by Gasteiger charge is -2.32. The number of likely N-dealkylation sites (tertiary alicyclic amines) is 1. The van der Waals surface area contributed by atoms with Crippen LogP contribution in [0.3, 0.4) is 0 Å². The molecule has 37 heavy (non-hydrogen) atoms. The van der Waals surface area contributed by atoms with Crippen molar-refractivity contribution in [1.29, 1.82) is 0 Å². The zero-order valence-electron chi connectivity index (χ0n) is 20.6. The molecule has 1 saturated heterocycles.